The Labute approximate surface area is 105 Å². The largest absolute Gasteiger partial charge is 0.265 e. The van der Waals surface area contributed by atoms with Crippen molar-refractivity contribution in [3.8, 4) is 11.3 Å². The Kier molecular flexibility index (Phi) is 2.56. The van der Waals surface area contributed by atoms with E-state index in [0.29, 0.717) is 11.1 Å². The maximum atomic E-state index is 6.17. The highest BCUT2D eigenvalue weighted by Gasteiger charge is 2.28. The van der Waals surface area contributed by atoms with Gasteiger partial charge in [0.05, 0.1) is 5.69 Å². The molecule has 86 valence electrons. The van der Waals surface area contributed by atoms with E-state index < -0.39 is 0 Å². The van der Waals surface area contributed by atoms with Crippen molar-refractivity contribution in [2.24, 2.45) is 0 Å². The maximum Gasteiger partial charge on any atom is 0.136 e. The van der Waals surface area contributed by atoms with Crippen LogP contribution in [-0.2, 0) is 0 Å². The fraction of sp³-hybridized carbons (Fsp3) is 0.308. The molecule has 3 rings (SSSR count). The Balaban J connectivity index is 2.14. The average Bonchev–Trinajstić information content (AvgIpc) is 3.18. The molecule has 0 atom stereocenters. The van der Waals surface area contributed by atoms with Gasteiger partial charge in [-0.05, 0) is 31.9 Å². The van der Waals surface area contributed by atoms with Crippen LogP contribution < -0.4 is 0 Å². The van der Waals surface area contributed by atoms with E-state index in [2.05, 4.69) is 15.0 Å². The molecule has 0 aliphatic heterocycles. The first kappa shape index (κ1) is 10.7. The molecule has 0 spiro atoms. The van der Waals surface area contributed by atoms with Crippen molar-refractivity contribution in [1.82, 2.24) is 15.0 Å². The summed E-state index contributed by atoms with van der Waals surface area (Å²) in [5, 5.41) is 0.564. The minimum absolute atomic E-state index is 0.508. The lowest BCUT2D eigenvalue weighted by atomic mass is 10.1. The van der Waals surface area contributed by atoms with Crippen molar-refractivity contribution in [2.45, 2.75) is 25.7 Å². The van der Waals surface area contributed by atoms with Crippen molar-refractivity contribution in [3.05, 3.63) is 41.1 Å². The fourth-order valence-corrected chi connectivity index (χ4v) is 2.00. The van der Waals surface area contributed by atoms with E-state index in [0.717, 1.165) is 22.6 Å². The van der Waals surface area contributed by atoms with Gasteiger partial charge >= 0.3 is 0 Å². The summed E-state index contributed by atoms with van der Waals surface area (Å²) in [6.45, 7) is 1.95. The van der Waals surface area contributed by atoms with Gasteiger partial charge in [0, 0.05) is 29.4 Å². The summed E-state index contributed by atoms with van der Waals surface area (Å²) < 4.78 is 0. The molecule has 2 heterocycles. The van der Waals surface area contributed by atoms with Crippen LogP contribution in [0.5, 0.6) is 0 Å². The number of pyridine rings is 1. The van der Waals surface area contributed by atoms with Crippen LogP contribution in [0.3, 0.4) is 0 Å². The third-order valence-electron chi connectivity index (χ3n) is 3.00. The summed E-state index contributed by atoms with van der Waals surface area (Å²) in [6.07, 6.45) is 5.88. The quantitative estimate of drug-likeness (QED) is 0.762. The molecule has 1 aliphatic carbocycles. The SMILES string of the molecule is Cc1c(Cl)nc(C2CC2)nc1-c1ccncc1. The molecule has 0 bridgehead atoms. The average molecular weight is 246 g/mol. The summed E-state index contributed by atoms with van der Waals surface area (Å²) >= 11 is 6.17. The highest BCUT2D eigenvalue weighted by molar-refractivity contribution is 6.30. The highest BCUT2D eigenvalue weighted by atomic mass is 35.5. The standard InChI is InChI=1S/C13H12ClN3/c1-8-11(9-4-6-15-7-5-9)16-13(10-2-3-10)17-12(8)14/h4-7,10H,2-3H2,1H3. The van der Waals surface area contributed by atoms with E-state index >= 15 is 0 Å². The van der Waals surface area contributed by atoms with Crippen molar-refractivity contribution >= 4 is 11.6 Å². The second kappa shape index (κ2) is 4.08. The molecule has 2 aromatic rings. The number of hydrogen-bond acceptors (Lipinski definition) is 3. The van der Waals surface area contributed by atoms with Crippen LogP contribution in [-0.4, -0.2) is 15.0 Å². The Hall–Kier alpha value is -1.48. The maximum absolute atomic E-state index is 6.17. The molecule has 0 amide bonds. The number of hydrogen-bond donors (Lipinski definition) is 0. The fourth-order valence-electron chi connectivity index (χ4n) is 1.82. The first-order chi connectivity index (χ1) is 8.25. The zero-order chi connectivity index (χ0) is 11.8. The molecule has 0 unspecified atom stereocenters. The molecule has 0 radical (unpaired) electrons. The second-order valence-electron chi connectivity index (χ2n) is 4.36. The van der Waals surface area contributed by atoms with Crippen molar-refractivity contribution in [3.63, 3.8) is 0 Å². The minimum atomic E-state index is 0.508. The second-order valence-corrected chi connectivity index (χ2v) is 4.71. The van der Waals surface area contributed by atoms with E-state index in [1.165, 1.54) is 12.8 Å². The summed E-state index contributed by atoms with van der Waals surface area (Å²) in [5.74, 6) is 1.39. The lowest BCUT2D eigenvalue weighted by Gasteiger charge is -2.08. The van der Waals surface area contributed by atoms with E-state index in [-0.39, 0.29) is 0 Å². The zero-order valence-corrected chi connectivity index (χ0v) is 10.3. The third kappa shape index (κ3) is 2.03. The van der Waals surface area contributed by atoms with Gasteiger partial charge in [0.25, 0.3) is 0 Å². The van der Waals surface area contributed by atoms with Gasteiger partial charge in [-0.25, -0.2) is 9.97 Å². The van der Waals surface area contributed by atoms with Crippen LogP contribution in [0.2, 0.25) is 5.15 Å². The number of nitrogens with zero attached hydrogens (tertiary/aromatic N) is 3. The third-order valence-corrected chi connectivity index (χ3v) is 3.37. The number of aromatic nitrogens is 3. The van der Waals surface area contributed by atoms with Gasteiger partial charge in [-0.2, -0.15) is 0 Å². The van der Waals surface area contributed by atoms with E-state index in [1.807, 2.05) is 19.1 Å². The van der Waals surface area contributed by atoms with Gasteiger partial charge in [0.1, 0.15) is 11.0 Å². The van der Waals surface area contributed by atoms with Crippen molar-refractivity contribution in [2.75, 3.05) is 0 Å². The molecule has 0 N–H and O–H groups in total. The van der Waals surface area contributed by atoms with Gasteiger partial charge in [-0.1, -0.05) is 11.6 Å². The molecule has 1 saturated carbocycles. The van der Waals surface area contributed by atoms with Crippen molar-refractivity contribution in [1.29, 1.82) is 0 Å². The Bertz CT molecular complexity index is 550. The zero-order valence-electron chi connectivity index (χ0n) is 9.52. The molecule has 1 aliphatic rings. The first-order valence-corrected chi connectivity index (χ1v) is 6.08. The van der Waals surface area contributed by atoms with Gasteiger partial charge in [0.2, 0.25) is 0 Å². The van der Waals surface area contributed by atoms with E-state index in [1.54, 1.807) is 12.4 Å². The molecule has 4 heteroatoms. The molecule has 17 heavy (non-hydrogen) atoms. The summed E-state index contributed by atoms with van der Waals surface area (Å²) in [7, 11) is 0. The van der Waals surface area contributed by atoms with Gasteiger partial charge in [-0.15, -0.1) is 0 Å². The van der Waals surface area contributed by atoms with E-state index in [9.17, 15) is 0 Å². The summed E-state index contributed by atoms with van der Waals surface area (Å²) in [5.41, 5.74) is 2.90. The molecule has 1 fully saturated rings. The lowest BCUT2D eigenvalue weighted by molar-refractivity contribution is 0.922. The van der Waals surface area contributed by atoms with Crippen LogP contribution in [0.15, 0.2) is 24.5 Å². The molecular weight excluding hydrogens is 234 g/mol. The molecule has 0 aromatic carbocycles. The van der Waals surface area contributed by atoms with Crippen LogP contribution in [0.4, 0.5) is 0 Å². The number of rotatable bonds is 2. The van der Waals surface area contributed by atoms with Gasteiger partial charge in [-0.3, -0.25) is 4.98 Å². The molecule has 0 saturated heterocycles. The van der Waals surface area contributed by atoms with Crippen LogP contribution in [0.25, 0.3) is 11.3 Å². The van der Waals surface area contributed by atoms with Gasteiger partial charge < -0.3 is 0 Å². The number of halogens is 1. The first-order valence-electron chi connectivity index (χ1n) is 5.70. The monoisotopic (exact) mass is 245 g/mol. The summed E-state index contributed by atoms with van der Waals surface area (Å²) in [4.78, 5) is 13.0. The molecule has 3 nitrogen and oxygen atoms in total. The van der Waals surface area contributed by atoms with Crippen molar-refractivity contribution < 1.29 is 0 Å². The van der Waals surface area contributed by atoms with Gasteiger partial charge in [0.15, 0.2) is 0 Å². The molecular formula is C13H12ClN3. The van der Waals surface area contributed by atoms with Crippen LogP contribution in [0.1, 0.15) is 30.1 Å². The van der Waals surface area contributed by atoms with E-state index in [4.69, 9.17) is 11.6 Å². The van der Waals surface area contributed by atoms with Crippen LogP contribution >= 0.6 is 11.6 Å². The van der Waals surface area contributed by atoms with Crippen LogP contribution in [0, 0.1) is 6.92 Å². The highest BCUT2D eigenvalue weighted by Crippen LogP contribution is 2.39. The minimum Gasteiger partial charge on any atom is -0.265 e. The Morgan fingerprint density at radius 1 is 1.18 bits per heavy atom. The Morgan fingerprint density at radius 2 is 1.88 bits per heavy atom. The smallest absolute Gasteiger partial charge is 0.136 e. The normalized spacial score (nSPS) is 14.9. The lowest BCUT2D eigenvalue weighted by Crippen LogP contribution is -1.99. The molecule has 2 aromatic heterocycles. The summed E-state index contributed by atoms with van der Waals surface area (Å²) in [6, 6.07) is 3.89. The predicted molar refractivity (Wildman–Crippen MR) is 67.0 cm³/mol. The Morgan fingerprint density at radius 3 is 2.53 bits per heavy atom. The topological polar surface area (TPSA) is 38.7 Å². The predicted octanol–water partition coefficient (Wildman–Crippen LogP) is 3.38.